The van der Waals surface area contributed by atoms with E-state index in [9.17, 15) is 5.11 Å². The molecule has 25 heavy (non-hydrogen) atoms. The minimum atomic E-state index is -0.531. The number of hydrogen-bond donors (Lipinski definition) is 1. The highest BCUT2D eigenvalue weighted by atomic mass is 16.5. The van der Waals surface area contributed by atoms with Gasteiger partial charge in [-0.05, 0) is 23.3 Å². The van der Waals surface area contributed by atoms with Crippen molar-refractivity contribution in [2.45, 2.75) is 25.4 Å². The third kappa shape index (κ3) is 4.92. The van der Waals surface area contributed by atoms with Crippen molar-refractivity contribution >= 4 is 0 Å². The predicted molar refractivity (Wildman–Crippen MR) is 96.3 cm³/mol. The molecule has 4 heteroatoms. The van der Waals surface area contributed by atoms with E-state index in [-0.39, 0.29) is 12.0 Å². The molecule has 1 N–H and O–H groups in total. The van der Waals surface area contributed by atoms with Gasteiger partial charge in [0.15, 0.2) is 0 Å². The van der Waals surface area contributed by atoms with Crippen LogP contribution in [-0.2, 0) is 22.7 Å². The lowest BCUT2D eigenvalue weighted by Gasteiger charge is -2.22. The Balaban J connectivity index is 1.48. The number of rotatable bonds is 8. The number of aliphatic hydroxyl groups excluding tert-OH is 1. The maximum atomic E-state index is 10.2. The summed E-state index contributed by atoms with van der Waals surface area (Å²) in [6, 6.07) is 17.8. The van der Waals surface area contributed by atoms with E-state index in [0.29, 0.717) is 19.8 Å². The van der Waals surface area contributed by atoms with E-state index in [1.54, 1.807) is 13.2 Å². The minimum Gasteiger partial charge on any atom is -0.497 e. The van der Waals surface area contributed by atoms with Crippen LogP contribution < -0.4 is 4.74 Å². The molecule has 2 aromatic rings. The van der Waals surface area contributed by atoms with Gasteiger partial charge in [0.05, 0.1) is 39.1 Å². The fourth-order valence-electron chi connectivity index (χ4n) is 2.88. The lowest BCUT2D eigenvalue weighted by molar-refractivity contribution is -0.0359. The summed E-state index contributed by atoms with van der Waals surface area (Å²) in [6.45, 7) is 1.48. The lowest BCUT2D eigenvalue weighted by atomic mass is 10.0. The average molecular weight is 340 g/mol. The van der Waals surface area contributed by atoms with Crippen LogP contribution >= 0.6 is 0 Å². The van der Waals surface area contributed by atoms with Crippen molar-refractivity contribution < 1.29 is 19.3 Å². The van der Waals surface area contributed by atoms with Gasteiger partial charge in [-0.2, -0.15) is 0 Å². The maximum absolute atomic E-state index is 10.2. The highest BCUT2D eigenvalue weighted by Gasteiger charge is 2.31. The number of ether oxygens (including phenoxy) is 3. The predicted octanol–water partition coefficient (Wildman–Crippen LogP) is 3.34. The molecule has 3 atom stereocenters. The Bertz CT molecular complexity index is 666. The second-order valence-electron chi connectivity index (χ2n) is 6.16. The first-order valence-electron chi connectivity index (χ1n) is 8.49. The summed E-state index contributed by atoms with van der Waals surface area (Å²) < 4.78 is 16.9. The summed E-state index contributed by atoms with van der Waals surface area (Å²) in [6.07, 6.45) is 3.03. The summed E-state index contributed by atoms with van der Waals surface area (Å²) >= 11 is 0. The first-order valence-corrected chi connectivity index (χ1v) is 8.49. The molecule has 132 valence electrons. The summed E-state index contributed by atoms with van der Waals surface area (Å²) in [5, 5.41) is 10.2. The van der Waals surface area contributed by atoms with E-state index in [2.05, 4.69) is 0 Å². The largest absolute Gasteiger partial charge is 0.497 e. The van der Waals surface area contributed by atoms with Crippen molar-refractivity contribution in [1.29, 1.82) is 0 Å². The van der Waals surface area contributed by atoms with Gasteiger partial charge in [0.25, 0.3) is 0 Å². The highest BCUT2D eigenvalue weighted by Crippen LogP contribution is 2.24. The van der Waals surface area contributed by atoms with Crippen LogP contribution in [0.1, 0.15) is 11.1 Å². The van der Waals surface area contributed by atoms with E-state index in [0.717, 1.165) is 16.9 Å². The second-order valence-corrected chi connectivity index (χ2v) is 6.16. The molecular formula is C21H24O4. The van der Waals surface area contributed by atoms with Crippen LogP contribution in [0.2, 0.25) is 0 Å². The van der Waals surface area contributed by atoms with Crippen LogP contribution in [0.3, 0.4) is 0 Å². The van der Waals surface area contributed by atoms with Crippen molar-refractivity contribution in [3.8, 4) is 5.75 Å². The molecule has 0 heterocycles. The van der Waals surface area contributed by atoms with Gasteiger partial charge < -0.3 is 19.3 Å². The lowest BCUT2D eigenvalue weighted by Crippen LogP contribution is -2.30. The SMILES string of the molecule is COc1ccc(CO[C@H]2C=C[C@@H](O)[C@@H]2COCc2ccccc2)cc1. The van der Waals surface area contributed by atoms with Crippen LogP contribution in [-0.4, -0.2) is 31.0 Å². The quantitative estimate of drug-likeness (QED) is 0.749. The topological polar surface area (TPSA) is 47.9 Å². The van der Waals surface area contributed by atoms with Crippen LogP contribution in [0.5, 0.6) is 5.75 Å². The molecule has 0 amide bonds. The molecule has 0 saturated heterocycles. The van der Waals surface area contributed by atoms with E-state index >= 15 is 0 Å². The van der Waals surface area contributed by atoms with Crippen LogP contribution in [0, 0.1) is 5.92 Å². The molecule has 0 saturated carbocycles. The number of methoxy groups -OCH3 is 1. The Kier molecular flexibility index (Phi) is 6.23. The van der Waals surface area contributed by atoms with Gasteiger partial charge in [-0.15, -0.1) is 0 Å². The molecule has 1 aliphatic rings. The molecule has 0 fully saturated rings. The first kappa shape index (κ1) is 17.7. The van der Waals surface area contributed by atoms with Crippen molar-refractivity contribution in [1.82, 2.24) is 0 Å². The molecule has 1 aliphatic carbocycles. The Hall–Kier alpha value is -2.14. The first-order chi connectivity index (χ1) is 12.3. The molecule has 0 spiro atoms. The number of aliphatic hydroxyl groups is 1. The zero-order valence-corrected chi connectivity index (χ0v) is 14.4. The van der Waals surface area contributed by atoms with Crippen molar-refractivity contribution in [3.05, 3.63) is 77.9 Å². The smallest absolute Gasteiger partial charge is 0.118 e. The Labute approximate surface area is 148 Å². The van der Waals surface area contributed by atoms with Crippen molar-refractivity contribution in [2.24, 2.45) is 5.92 Å². The fourth-order valence-corrected chi connectivity index (χ4v) is 2.88. The molecule has 0 aliphatic heterocycles. The van der Waals surface area contributed by atoms with Crippen LogP contribution in [0.15, 0.2) is 66.7 Å². The van der Waals surface area contributed by atoms with E-state index < -0.39 is 6.10 Å². The average Bonchev–Trinajstić information content (AvgIpc) is 3.01. The molecule has 0 aromatic heterocycles. The molecule has 3 rings (SSSR count). The van der Waals surface area contributed by atoms with Gasteiger partial charge >= 0.3 is 0 Å². The Morgan fingerprint density at radius 2 is 1.60 bits per heavy atom. The molecule has 2 aromatic carbocycles. The fraction of sp³-hybridized carbons (Fsp3) is 0.333. The zero-order chi connectivity index (χ0) is 17.5. The van der Waals surface area contributed by atoms with E-state index in [1.165, 1.54) is 0 Å². The summed E-state index contributed by atoms with van der Waals surface area (Å²) in [5.74, 6) is 0.745. The minimum absolute atomic E-state index is 0.0815. The number of benzene rings is 2. The number of hydrogen-bond acceptors (Lipinski definition) is 4. The molecular weight excluding hydrogens is 316 g/mol. The van der Waals surface area contributed by atoms with Crippen molar-refractivity contribution in [2.75, 3.05) is 13.7 Å². The molecule has 0 bridgehead atoms. The monoisotopic (exact) mass is 340 g/mol. The Morgan fingerprint density at radius 1 is 0.880 bits per heavy atom. The van der Waals surface area contributed by atoms with Gasteiger partial charge in [-0.1, -0.05) is 54.6 Å². The summed E-state index contributed by atoms with van der Waals surface area (Å²) in [5.41, 5.74) is 2.19. The van der Waals surface area contributed by atoms with Gasteiger partial charge in [0.1, 0.15) is 5.75 Å². The van der Waals surface area contributed by atoms with E-state index in [4.69, 9.17) is 14.2 Å². The maximum Gasteiger partial charge on any atom is 0.118 e. The van der Waals surface area contributed by atoms with Gasteiger partial charge in [0.2, 0.25) is 0 Å². The Morgan fingerprint density at radius 3 is 2.32 bits per heavy atom. The highest BCUT2D eigenvalue weighted by molar-refractivity contribution is 5.26. The van der Waals surface area contributed by atoms with Gasteiger partial charge in [0, 0.05) is 5.92 Å². The van der Waals surface area contributed by atoms with E-state index in [1.807, 2.05) is 60.7 Å². The third-order valence-electron chi connectivity index (χ3n) is 4.38. The third-order valence-corrected chi connectivity index (χ3v) is 4.38. The standard InChI is InChI=1S/C21H24O4/c1-23-18-9-7-17(8-10-18)14-25-21-12-11-20(22)19(21)15-24-13-16-5-3-2-4-6-16/h2-12,19-22H,13-15H2,1H3/t19-,20+,21-/m0/s1. The van der Waals surface area contributed by atoms with Crippen LogP contribution in [0.25, 0.3) is 0 Å². The molecule has 0 unspecified atom stereocenters. The van der Waals surface area contributed by atoms with Crippen molar-refractivity contribution in [3.63, 3.8) is 0 Å². The summed E-state index contributed by atoms with van der Waals surface area (Å²) in [4.78, 5) is 0. The van der Waals surface area contributed by atoms with Gasteiger partial charge in [-0.25, -0.2) is 0 Å². The normalized spacial score (nSPS) is 22.2. The van der Waals surface area contributed by atoms with Gasteiger partial charge in [-0.3, -0.25) is 0 Å². The molecule has 4 nitrogen and oxygen atoms in total. The second kappa shape index (κ2) is 8.81. The molecule has 0 radical (unpaired) electrons. The zero-order valence-electron chi connectivity index (χ0n) is 14.4. The summed E-state index contributed by atoms with van der Waals surface area (Å²) in [7, 11) is 1.65. The van der Waals surface area contributed by atoms with Crippen LogP contribution in [0.4, 0.5) is 0 Å².